The van der Waals surface area contributed by atoms with E-state index in [0.29, 0.717) is 5.75 Å². The highest BCUT2D eigenvalue weighted by atomic mass is 127. The van der Waals surface area contributed by atoms with Crippen molar-refractivity contribution in [1.82, 2.24) is 0 Å². The minimum absolute atomic E-state index is 0.119. The molecule has 3 rings (SSSR count). The van der Waals surface area contributed by atoms with E-state index in [1.807, 2.05) is 30.3 Å². The first kappa shape index (κ1) is 19.2. The summed E-state index contributed by atoms with van der Waals surface area (Å²) in [6.07, 6.45) is -0.119. The Labute approximate surface area is 160 Å². The number of alkyl halides is 3. The van der Waals surface area contributed by atoms with Gasteiger partial charge in [-0.05, 0) is 17.7 Å². The monoisotopic (exact) mass is 495 g/mol. The van der Waals surface area contributed by atoms with E-state index in [1.165, 1.54) is 31.4 Å². The first-order chi connectivity index (χ1) is 12.2. The molecule has 1 heterocycles. The number of rotatable bonds is 6. The third-order valence-electron chi connectivity index (χ3n) is 3.99. The van der Waals surface area contributed by atoms with Crippen LogP contribution < -0.4 is 25.9 Å². The molecule has 0 amide bonds. The molecule has 0 spiro atoms. The average Bonchev–Trinajstić information content (AvgIpc) is 3.39. The number of ether oxygens (including phenoxy) is 1. The van der Waals surface area contributed by atoms with Gasteiger partial charge in [-0.15, -0.1) is 0 Å². The summed E-state index contributed by atoms with van der Waals surface area (Å²) in [4.78, 5) is 0. The van der Waals surface area contributed by atoms with Gasteiger partial charge in [0, 0.05) is 12.0 Å². The van der Waals surface area contributed by atoms with Crippen molar-refractivity contribution in [3.8, 4) is 5.75 Å². The Morgan fingerprint density at radius 3 is 2.19 bits per heavy atom. The molecular weight excluding hydrogens is 480 g/mol. The Balaban J connectivity index is 1.96. The molecule has 0 saturated heterocycles. The molecule has 0 bridgehead atoms. The fourth-order valence-corrected chi connectivity index (χ4v) is 6.47. The Morgan fingerprint density at radius 1 is 1.04 bits per heavy atom. The fraction of sp³-hybridized carbons (Fsp3) is 0.222. The predicted octanol–water partition coefficient (Wildman–Crippen LogP) is 1.53. The van der Waals surface area contributed by atoms with Gasteiger partial charge in [0.2, 0.25) is 7.16 Å². The fourth-order valence-electron chi connectivity index (χ4n) is 2.56. The van der Waals surface area contributed by atoms with Gasteiger partial charge in [-0.3, -0.25) is 0 Å². The van der Waals surface area contributed by atoms with E-state index in [4.69, 9.17) is 4.74 Å². The second-order valence-electron chi connectivity index (χ2n) is 5.64. The Morgan fingerprint density at radius 2 is 1.65 bits per heavy atom. The zero-order chi connectivity index (χ0) is 18.9. The second kappa shape index (κ2) is 7.22. The average molecular weight is 495 g/mol. The van der Waals surface area contributed by atoms with Gasteiger partial charge in [0.05, 0.1) is 7.11 Å². The molecule has 0 aromatic heterocycles. The smallest absolute Gasteiger partial charge is 0.497 e. The van der Waals surface area contributed by atoms with Crippen LogP contribution in [0.4, 0.5) is 13.2 Å². The third-order valence-corrected chi connectivity index (χ3v) is 8.73. The summed E-state index contributed by atoms with van der Waals surface area (Å²) in [5.41, 5.74) is -4.20. The van der Waals surface area contributed by atoms with E-state index in [-0.39, 0.29) is 12.0 Å². The van der Waals surface area contributed by atoms with Gasteiger partial charge in [-0.1, -0.05) is 42.5 Å². The van der Waals surface area contributed by atoms with Gasteiger partial charge >= 0.3 is 26.7 Å². The number of hydrogen-bond donors (Lipinski definition) is 0. The molecule has 2 aromatic rings. The van der Waals surface area contributed by atoms with Gasteiger partial charge < -0.3 is 4.74 Å². The van der Waals surface area contributed by atoms with Crippen molar-refractivity contribution in [3.05, 3.63) is 69.3 Å². The second-order valence-corrected chi connectivity index (χ2v) is 10.7. The summed E-state index contributed by atoms with van der Waals surface area (Å²) in [5.74, 6) is 0.458. The predicted molar refractivity (Wildman–Crippen MR) is 88.7 cm³/mol. The first-order valence-corrected chi connectivity index (χ1v) is 11.3. The van der Waals surface area contributed by atoms with Crippen LogP contribution in [0.15, 0.2) is 58.2 Å². The van der Waals surface area contributed by atoms with Crippen LogP contribution in [0.5, 0.6) is 5.75 Å². The molecule has 0 aliphatic carbocycles. The Kier molecular flexibility index (Phi) is 5.34. The molecule has 26 heavy (non-hydrogen) atoms. The lowest BCUT2D eigenvalue weighted by atomic mass is 10.1. The van der Waals surface area contributed by atoms with Crippen molar-refractivity contribution in [3.63, 3.8) is 0 Å². The van der Waals surface area contributed by atoms with Crippen LogP contribution in [0.1, 0.15) is 22.8 Å². The molecule has 0 saturated carbocycles. The molecule has 3 nitrogen and oxygen atoms in total. The zero-order valence-electron chi connectivity index (χ0n) is 13.6. The molecule has 138 valence electrons. The Bertz CT molecular complexity index is 920. The standard InChI is InChI=1S/C18H15F3IO3S/c1-25-14-9-7-12(8-10-14)16(26(23,24)18(19,20)21)11-15-17(22-15)13-5-3-2-4-6-13/h2-10,16H,11H2,1H3/q+1. The van der Waals surface area contributed by atoms with Crippen molar-refractivity contribution < 1.29 is 47.5 Å². The molecule has 1 aliphatic rings. The first-order valence-electron chi connectivity index (χ1n) is 7.61. The van der Waals surface area contributed by atoms with Crippen LogP contribution >= 0.6 is 0 Å². The number of hydrogen-bond acceptors (Lipinski definition) is 3. The van der Waals surface area contributed by atoms with Crippen LogP contribution in [0.3, 0.4) is 0 Å². The minimum atomic E-state index is -5.33. The van der Waals surface area contributed by atoms with E-state index in [0.717, 1.165) is 12.7 Å². The molecule has 1 unspecified atom stereocenters. The van der Waals surface area contributed by atoms with Crippen LogP contribution in [-0.4, -0.2) is 21.0 Å². The highest BCUT2D eigenvalue weighted by Crippen LogP contribution is 2.40. The molecule has 0 radical (unpaired) electrons. The van der Waals surface area contributed by atoms with Gasteiger partial charge in [0.1, 0.15) is 11.0 Å². The molecule has 2 aromatic carbocycles. The van der Waals surface area contributed by atoms with E-state index in [9.17, 15) is 21.6 Å². The van der Waals surface area contributed by atoms with Gasteiger partial charge in [-0.25, -0.2) is 8.42 Å². The highest BCUT2D eigenvalue weighted by Gasteiger charge is 2.56. The third kappa shape index (κ3) is 3.90. The summed E-state index contributed by atoms with van der Waals surface area (Å²) < 4.78 is 70.7. The SMILES string of the molecule is COc1ccc(C(CC2=C(c3ccccc3)[I+]2)S(=O)(=O)C(F)(F)F)cc1. The van der Waals surface area contributed by atoms with E-state index in [1.54, 1.807) is 0 Å². The van der Waals surface area contributed by atoms with Crippen molar-refractivity contribution in [2.45, 2.75) is 17.2 Å². The normalized spacial score (nSPS) is 15.7. The van der Waals surface area contributed by atoms with E-state index in [2.05, 4.69) is 0 Å². The summed E-state index contributed by atoms with van der Waals surface area (Å²) in [5, 5.41) is -1.63. The van der Waals surface area contributed by atoms with Crippen molar-refractivity contribution in [1.29, 1.82) is 0 Å². The topological polar surface area (TPSA) is 43.4 Å². The summed E-state index contributed by atoms with van der Waals surface area (Å²) in [6.45, 7) is 0. The summed E-state index contributed by atoms with van der Waals surface area (Å²) in [7, 11) is -3.89. The van der Waals surface area contributed by atoms with Crippen LogP contribution in [-0.2, 0) is 9.84 Å². The molecule has 0 fully saturated rings. The quantitative estimate of drug-likeness (QED) is 0.572. The maximum atomic E-state index is 13.2. The van der Waals surface area contributed by atoms with Gasteiger partial charge in [-0.2, -0.15) is 13.2 Å². The number of sulfone groups is 1. The zero-order valence-corrected chi connectivity index (χ0v) is 16.6. The van der Waals surface area contributed by atoms with E-state index < -0.39 is 41.8 Å². The largest absolute Gasteiger partial charge is 0.498 e. The Hall–Kier alpha value is -1.55. The lowest BCUT2D eigenvalue weighted by Gasteiger charge is -2.17. The summed E-state index contributed by atoms with van der Waals surface area (Å²) in [6, 6.07) is 15.1. The van der Waals surface area contributed by atoms with Crippen molar-refractivity contribution in [2.75, 3.05) is 7.11 Å². The summed E-state index contributed by atoms with van der Waals surface area (Å²) >= 11 is -0.514. The number of halogens is 4. The molecule has 1 atom stereocenters. The van der Waals surface area contributed by atoms with Crippen molar-refractivity contribution in [2.24, 2.45) is 0 Å². The molecule has 8 heteroatoms. The number of methoxy groups -OCH3 is 1. The number of allylic oxidation sites excluding steroid dienone is 1. The van der Waals surface area contributed by atoms with Gasteiger partial charge in [0.15, 0.2) is 0 Å². The molecule has 0 N–H and O–H groups in total. The van der Waals surface area contributed by atoms with E-state index >= 15 is 0 Å². The van der Waals surface area contributed by atoms with Crippen LogP contribution in [0.2, 0.25) is 0 Å². The van der Waals surface area contributed by atoms with Crippen LogP contribution in [0, 0.1) is 0 Å². The molecule has 1 aliphatic heterocycles. The van der Waals surface area contributed by atoms with Crippen molar-refractivity contribution >= 4 is 13.4 Å². The maximum Gasteiger partial charge on any atom is 0.498 e. The van der Waals surface area contributed by atoms with Crippen LogP contribution in [0.25, 0.3) is 3.58 Å². The number of benzene rings is 2. The lowest BCUT2D eigenvalue weighted by Crippen LogP contribution is -3.48. The maximum absolute atomic E-state index is 13.2. The lowest BCUT2D eigenvalue weighted by molar-refractivity contribution is -0.430. The van der Waals surface area contributed by atoms with Gasteiger partial charge in [0.25, 0.3) is 9.84 Å². The minimum Gasteiger partial charge on any atom is -0.497 e. The highest BCUT2D eigenvalue weighted by molar-refractivity contribution is 7.92. The molecular formula is C18H15F3IO3S+.